The van der Waals surface area contributed by atoms with Gasteiger partial charge in [0, 0.05) is 0 Å². The molecule has 0 aromatic carbocycles. The molecule has 0 amide bonds. The largest absolute Gasteiger partial charge is 2.00 e. The van der Waals surface area contributed by atoms with Crippen molar-refractivity contribution in [2.75, 3.05) is 0 Å². The van der Waals surface area contributed by atoms with Crippen LogP contribution in [0, 0.1) is 0 Å². The van der Waals surface area contributed by atoms with Gasteiger partial charge >= 0.3 is 77.0 Å². The third-order valence-electron chi connectivity index (χ3n) is 0.238. The van der Waals surface area contributed by atoms with E-state index in [0.717, 1.165) is 0 Å². The topological polar surface area (TPSA) is 102 Å². The molecule has 0 aromatic heterocycles. The maximum Gasteiger partial charge on any atom is 2.00 e. The average molecular weight is 224 g/mol. The quantitative estimate of drug-likeness (QED) is 0.355. The van der Waals surface area contributed by atoms with Gasteiger partial charge < -0.3 is 28.7 Å². The van der Waals surface area contributed by atoms with E-state index in [1.165, 1.54) is 0 Å². The molecule has 0 atom stereocenters. The first-order valence-corrected chi connectivity index (χ1v) is 3.52. The molecule has 10 heavy (non-hydrogen) atoms. The van der Waals surface area contributed by atoms with Crippen molar-refractivity contribution in [2.45, 2.75) is 0 Å². The second-order valence-electron chi connectivity index (χ2n) is 0.673. The Labute approximate surface area is 120 Å². The van der Waals surface area contributed by atoms with Crippen LogP contribution >= 0.6 is 7.82 Å². The van der Waals surface area contributed by atoms with Gasteiger partial charge in [0.1, 0.15) is 0 Å². The Morgan fingerprint density at radius 3 is 1.40 bits per heavy atom. The van der Waals surface area contributed by atoms with Gasteiger partial charge in [0.2, 0.25) is 0 Å². The zero-order chi connectivity index (χ0) is 5.21. The third-order valence-corrected chi connectivity index (χ3v) is 2.14. The third kappa shape index (κ3) is 31.2. The number of phosphoric acid groups is 1. The van der Waals surface area contributed by atoms with Gasteiger partial charge in [0.25, 0.3) is 0 Å². The molecule has 0 bridgehead atoms. The van der Waals surface area contributed by atoms with Crippen molar-refractivity contribution in [1.82, 2.24) is 6.15 Å². The minimum Gasteiger partial charge on any atom is -1.00 e. The SMILES string of the molecule is N.O=P(O)(O)O[SiH3].[H-].[H-].[H-].[H-].[H-].[H-].[Mg+2].[Mg+2].[Mg+2]. The molecule has 0 heterocycles. The van der Waals surface area contributed by atoms with Crippen LogP contribution in [0.4, 0.5) is 0 Å². The minimum absolute atomic E-state index is 0. The van der Waals surface area contributed by atoms with Gasteiger partial charge in [-0.25, -0.2) is 4.57 Å². The van der Waals surface area contributed by atoms with Crippen LogP contribution in [0.15, 0.2) is 0 Å². The first-order chi connectivity index (χ1) is 2.56. The summed E-state index contributed by atoms with van der Waals surface area (Å²) in [6, 6.07) is 0. The van der Waals surface area contributed by atoms with Gasteiger partial charge in [-0.05, 0) is 0 Å². The molecule has 0 fully saturated rings. The first kappa shape index (κ1) is 29.4. The van der Waals surface area contributed by atoms with Crippen LogP contribution < -0.4 is 6.15 Å². The minimum atomic E-state index is -4.08. The summed E-state index contributed by atoms with van der Waals surface area (Å²) in [7, 11) is -4.00. The van der Waals surface area contributed by atoms with Gasteiger partial charge in [-0.15, -0.1) is 0 Å². The maximum atomic E-state index is 9.51. The van der Waals surface area contributed by atoms with Gasteiger partial charge in [-0.3, -0.25) is 0 Å². The van der Waals surface area contributed by atoms with Crippen molar-refractivity contribution in [3.05, 3.63) is 0 Å². The summed E-state index contributed by atoms with van der Waals surface area (Å²) in [5.74, 6) is 0. The van der Waals surface area contributed by atoms with Crippen LogP contribution in [0.5, 0.6) is 0 Å². The van der Waals surface area contributed by atoms with Gasteiger partial charge in [0.05, 0.1) is 0 Å². The van der Waals surface area contributed by atoms with Crippen molar-refractivity contribution >= 4 is 87.5 Å². The van der Waals surface area contributed by atoms with Crippen molar-refractivity contribution in [3.63, 3.8) is 0 Å². The predicted molar refractivity (Wildman–Crippen MR) is 52.0 cm³/mol. The van der Waals surface area contributed by atoms with E-state index in [2.05, 4.69) is 4.21 Å². The van der Waals surface area contributed by atoms with Crippen LogP contribution in [0.25, 0.3) is 0 Å². The molecule has 0 spiro atoms. The Kier molecular flexibility index (Phi) is 41.5. The van der Waals surface area contributed by atoms with Crippen molar-refractivity contribution < 1.29 is 27.1 Å². The molecule has 0 rings (SSSR count). The molecule has 58 valence electrons. The molecule has 10 heteroatoms. The van der Waals surface area contributed by atoms with Crippen LogP contribution in [-0.2, 0) is 8.78 Å². The standard InChI is InChI=1S/3Mg.H3N.H5O4PSi.6H/c;;;;1-5(2,3)4-6;;;;;;/h;;;1H3;6H3,(H2,1,2,3);;;;;;/q3*+2;;;6*-1. The van der Waals surface area contributed by atoms with E-state index < -0.39 is 7.82 Å². The van der Waals surface area contributed by atoms with Crippen LogP contribution in [-0.4, -0.2) is 89.4 Å². The van der Waals surface area contributed by atoms with Crippen molar-refractivity contribution in [3.8, 4) is 0 Å². The Morgan fingerprint density at radius 2 is 1.40 bits per heavy atom. The zero-order valence-electron chi connectivity index (χ0n) is 12.0. The maximum absolute atomic E-state index is 9.51. The Bertz CT molecular complexity index is 99.8. The van der Waals surface area contributed by atoms with E-state index in [-0.39, 0.29) is 94.4 Å². The van der Waals surface area contributed by atoms with Crippen molar-refractivity contribution in [1.29, 1.82) is 0 Å². The molecule has 0 saturated carbocycles. The fourth-order valence-corrected chi connectivity index (χ4v) is 0. The summed E-state index contributed by atoms with van der Waals surface area (Å²) in [5, 5.41) is 0. The molecule has 5 N–H and O–H groups in total. The van der Waals surface area contributed by atoms with E-state index in [9.17, 15) is 4.57 Å². The van der Waals surface area contributed by atoms with E-state index in [1.54, 1.807) is 0 Å². The summed E-state index contributed by atoms with van der Waals surface area (Å²) in [6.45, 7) is 0. The van der Waals surface area contributed by atoms with E-state index >= 15 is 0 Å². The molecule has 0 unspecified atom stereocenters. The normalized spacial score (nSPS) is 7.40. The van der Waals surface area contributed by atoms with Gasteiger partial charge in [-0.1, -0.05) is 0 Å². The summed E-state index contributed by atoms with van der Waals surface area (Å²) in [4.78, 5) is 15.5. The van der Waals surface area contributed by atoms with Crippen LogP contribution in [0.2, 0.25) is 0 Å². The zero-order valence-corrected chi connectivity index (χ0v) is 13.1. The molecular weight excluding hydrogens is 210 g/mol. The summed E-state index contributed by atoms with van der Waals surface area (Å²) >= 11 is 0. The molecule has 0 aliphatic heterocycles. The van der Waals surface area contributed by atoms with Gasteiger partial charge in [0.15, 0.2) is 10.5 Å². The summed E-state index contributed by atoms with van der Waals surface area (Å²) < 4.78 is 13.2. The predicted octanol–water partition coefficient (Wildman–Crippen LogP) is -1.93. The molecule has 0 radical (unpaired) electrons. The van der Waals surface area contributed by atoms with E-state index in [1.807, 2.05) is 0 Å². The number of hydrogen-bond donors (Lipinski definition) is 3. The average Bonchev–Trinajstić information content (AvgIpc) is 1.35. The summed E-state index contributed by atoms with van der Waals surface area (Å²) in [6.07, 6.45) is 0. The van der Waals surface area contributed by atoms with Crippen LogP contribution in [0.1, 0.15) is 8.56 Å². The second-order valence-corrected chi connectivity index (χ2v) is 3.11. The van der Waals surface area contributed by atoms with E-state index in [4.69, 9.17) is 9.79 Å². The summed E-state index contributed by atoms with van der Waals surface area (Å²) in [5.41, 5.74) is 0. The molecule has 0 saturated heterocycles. The Morgan fingerprint density at radius 1 is 1.30 bits per heavy atom. The fourth-order valence-electron chi connectivity index (χ4n) is 0. The van der Waals surface area contributed by atoms with Gasteiger partial charge in [-0.2, -0.15) is 0 Å². The van der Waals surface area contributed by atoms with Crippen LogP contribution in [0.3, 0.4) is 0 Å². The first-order valence-electron chi connectivity index (χ1n) is 1.17. The molecule has 0 aliphatic rings. The number of hydrogen-bond acceptors (Lipinski definition) is 3. The Balaban J connectivity index is -0.00000000278. The second kappa shape index (κ2) is 14.1. The molecule has 0 aromatic rings. The fraction of sp³-hybridized carbons (Fsp3) is 0. The molecule has 5 nitrogen and oxygen atoms in total. The Hall–Kier alpha value is 2.59. The molecule has 0 aliphatic carbocycles. The van der Waals surface area contributed by atoms with Crippen molar-refractivity contribution in [2.24, 2.45) is 0 Å². The van der Waals surface area contributed by atoms with E-state index in [0.29, 0.717) is 0 Å². The molecular formula is H14Mg3NO4PSi. The monoisotopic (exact) mass is 223 g/mol. The smallest absolute Gasteiger partial charge is 1.00 e. The number of rotatable bonds is 1.